The van der Waals surface area contributed by atoms with Crippen LogP contribution in [0.2, 0.25) is 0 Å². The van der Waals surface area contributed by atoms with E-state index in [-0.39, 0.29) is 17.6 Å². The molecule has 0 saturated carbocycles. The first-order valence-corrected chi connectivity index (χ1v) is 7.98. The zero-order valence-electron chi connectivity index (χ0n) is 9.70. The van der Waals surface area contributed by atoms with Gasteiger partial charge in [-0.2, -0.15) is 0 Å². The number of halogens is 2. The molecule has 1 aromatic carbocycles. The summed E-state index contributed by atoms with van der Waals surface area (Å²) in [5.74, 6) is -0.255. The molecule has 0 aromatic heterocycles. The van der Waals surface area contributed by atoms with Crippen LogP contribution in [0.25, 0.3) is 0 Å². The molecule has 0 aliphatic rings. The summed E-state index contributed by atoms with van der Waals surface area (Å²) < 4.78 is 36.3. The fraction of sp³-hybridized carbons (Fsp3) is 0.455. The topological polar surface area (TPSA) is 46.2 Å². The Morgan fingerprint density at radius 1 is 1.47 bits per heavy atom. The Balaban J connectivity index is 2.58. The van der Waals surface area contributed by atoms with Crippen LogP contribution in [0, 0.1) is 5.82 Å². The first-order chi connectivity index (χ1) is 7.78. The smallest absolute Gasteiger partial charge is 0.148 e. The molecule has 1 rings (SSSR count). The highest BCUT2D eigenvalue weighted by Gasteiger charge is 2.11. The van der Waals surface area contributed by atoms with Gasteiger partial charge in [-0.15, -0.1) is 0 Å². The van der Waals surface area contributed by atoms with Crippen LogP contribution in [0.1, 0.15) is 12.5 Å². The third-order valence-electron chi connectivity index (χ3n) is 2.20. The van der Waals surface area contributed by atoms with Crippen molar-refractivity contribution >= 4 is 25.8 Å². The van der Waals surface area contributed by atoms with Gasteiger partial charge in [0.2, 0.25) is 0 Å². The second-order valence-electron chi connectivity index (χ2n) is 4.11. The van der Waals surface area contributed by atoms with Crippen LogP contribution in [-0.4, -0.2) is 26.5 Å². The van der Waals surface area contributed by atoms with Crippen molar-refractivity contribution in [2.45, 2.75) is 19.5 Å². The maximum Gasteiger partial charge on any atom is 0.148 e. The quantitative estimate of drug-likeness (QED) is 0.902. The van der Waals surface area contributed by atoms with Crippen LogP contribution < -0.4 is 5.32 Å². The minimum Gasteiger partial charge on any atom is -0.309 e. The molecule has 1 N–H and O–H groups in total. The molecule has 0 fully saturated rings. The Hall–Kier alpha value is -0.460. The van der Waals surface area contributed by atoms with Gasteiger partial charge in [0.05, 0.1) is 5.75 Å². The Kier molecular flexibility index (Phi) is 5.09. The minimum atomic E-state index is -3.01. The highest BCUT2D eigenvalue weighted by Crippen LogP contribution is 2.15. The van der Waals surface area contributed by atoms with Crippen LogP contribution >= 0.6 is 15.9 Å². The third-order valence-corrected chi connectivity index (χ3v) is 3.80. The lowest BCUT2D eigenvalue weighted by atomic mass is 10.2. The van der Waals surface area contributed by atoms with E-state index >= 15 is 0 Å². The van der Waals surface area contributed by atoms with E-state index in [2.05, 4.69) is 21.2 Å². The molecule has 0 aliphatic heterocycles. The molecule has 0 radical (unpaired) electrons. The number of hydrogen-bond donors (Lipinski definition) is 1. The van der Waals surface area contributed by atoms with Crippen molar-refractivity contribution in [1.82, 2.24) is 5.32 Å². The molecule has 1 aromatic rings. The zero-order valence-corrected chi connectivity index (χ0v) is 12.1. The van der Waals surface area contributed by atoms with E-state index < -0.39 is 9.84 Å². The highest BCUT2D eigenvalue weighted by atomic mass is 79.9. The minimum absolute atomic E-state index is 0.0443. The summed E-state index contributed by atoms with van der Waals surface area (Å²) in [5.41, 5.74) is 0.514. The maximum atomic E-state index is 13.4. The molecule has 0 amide bonds. The third kappa shape index (κ3) is 5.61. The summed E-state index contributed by atoms with van der Waals surface area (Å²) in [7, 11) is -3.01. The summed E-state index contributed by atoms with van der Waals surface area (Å²) >= 11 is 3.26. The van der Waals surface area contributed by atoms with Crippen molar-refractivity contribution in [3.05, 3.63) is 34.1 Å². The lowest BCUT2D eigenvalue weighted by Gasteiger charge is -2.13. The van der Waals surface area contributed by atoms with Gasteiger partial charge in [-0.05, 0) is 25.1 Å². The van der Waals surface area contributed by atoms with E-state index in [4.69, 9.17) is 0 Å². The predicted octanol–water partition coefficient (Wildman–Crippen LogP) is 2.11. The molecule has 0 spiro atoms. The number of benzene rings is 1. The zero-order chi connectivity index (χ0) is 13.1. The van der Waals surface area contributed by atoms with Gasteiger partial charge in [0, 0.05) is 28.9 Å². The summed E-state index contributed by atoms with van der Waals surface area (Å²) in [6, 6.07) is 4.47. The van der Waals surface area contributed by atoms with E-state index in [1.165, 1.54) is 12.3 Å². The van der Waals surface area contributed by atoms with Gasteiger partial charge in [-0.3, -0.25) is 0 Å². The molecule has 1 atom stereocenters. The van der Waals surface area contributed by atoms with E-state index in [0.717, 1.165) is 4.47 Å². The summed E-state index contributed by atoms with van der Waals surface area (Å²) in [6.07, 6.45) is 1.19. The van der Waals surface area contributed by atoms with E-state index in [9.17, 15) is 12.8 Å². The Morgan fingerprint density at radius 2 is 2.12 bits per heavy atom. The van der Waals surface area contributed by atoms with Crippen molar-refractivity contribution in [1.29, 1.82) is 0 Å². The summed E-state index contributed by atoms with van der Waals surface area (Å²) in [4.78, 5) is 0. The van der Waals surface area contributed by atoms with Crippen molar-refractivity contribution < 1.29 is 12.8 Å². The Labute approximate surface area is 109 Å². The average molecular weight is 324 g/mol. The largest absolute Gasteiger partial charge is 0.309 e. The van der Waals surface area contributed by atoms with Gasteiger partial charge in [-0.1, -0.05) is 15.9 Å². The van der Waals surface area contributed by atoms with Gasteiger partial charge >= 0.3 is 0 Å². The Morgan fingerprint density at radius 3 is 2.71 bits per heavy atom. The van der Waals surface area contributed by atoms with Crippen LogP contribution in [0.4, 0.5) is 4.39 Å². The van der Waals surface area contributed by atoms with Gasteiger partial charge in [-0.25, -0.2) is 12.8 Å². The number of rotatable bonds is 5. The van der Waals surface area contributed by atoms with Crippen molar-refractivity contribution in [3.63, 3.8) is 0 Å². The molecule has 1 unspecified atom stereocenters. The van der Waals surface area contributed by atoms with Crippen molar-refractivity contribution in [3.8, 4) is 0 Å². The fourth-order valence-corrected chi connectivity index (χ4v) is 2.91. The molecule has 17 heavy (non-hydrogen) atoms. The van der Waals surface area contributed by atoms with Gasteiger partial charge in [0.1, 0.15) is 15.7 Å². The van der Waals surface area contributed by atoms with Crippen molar-refractivity contribution in [2.24, 2.45) is 0 Å². The Bertz CT molecular complexity index is 490. The summed E-state index contributed by atoms with van der Waals surface area (Å²) in [6.45, 7) is 2.07. The number of nitrogens with one attached hydrogen (secondary N) is 1. The second-order valence-corrected chi connectivity index (χ2v) is 7.21. The molecule has 0 saturated heterocycles. The van der Waals surface area contributed by atoms with E-state index in [0.29, 0.717) is 12.1 Å². The van der Waals surface area contributed by atoms with Crippen LogP contribution in [0.5, 0.6) is 0 Å². The lowest BCUT2D eigenvalue weighted by Crippen LogP contribution is -2.32. The fourth-order valence-electron chi connectivity index (χ4n) is 1.48. The van der Waals surface area contributed by atoms with Crippen LogP contribution in [0.15, 0.2) is 22.7 Å². The van der Waals surface area contributed by atoms with Gasteiger partial charge in [0.25, 0.3) is 0 Å². The number of hydrogen-bond acceptors (Lipinski definition) is 3. The van der Waals surface area contributed by atoms with Gasteiger partial charge < -0.3 is 5.32 Å². The molecule has 96 valence electrons. The number of sulfone groups is 1. The highest BCUT2D eigenvalue weighted by molar-refractivity contribution is 9.10. The predicted molar refractivity (Wildman–Crippen MR) is 70.1 cm³/mol. The second kappa shape index (κ2) is 5.93. The van der Waals surface area contributed by atoms with E-state index in [1.807, 2.05) is 0 Å². The maximum absolute atomic E-state index is 13.4. The molecule has 3 nitrogen and oxygen atoms in total. The SMILES string of the molecule is CC(CS(C)(=O)=O)NCc1cc(Br)ccc1F. The van der Waals surface area contributed by atoms with Crippen LogP contribution in [-0.2, 0) is 16.4 Å². The molecule has 0 heterocycles. The lowest BCUT2D eigenvalue weighted by molar-refractivity contribution is 0.542. The normalized spacial score (nSPS) is 13.6. The first kappa shape index (κ1) is 14.6. The molecular formula is C11H15BrFNO2S. The van der Waals surface area contributed by atoms with Gasteiger partial charge in [0.15, 0.2) is 0 Å². The molecular weight excluding hydrogens is 309 g/mol. The average Bonchev–Trinajstić information content (AvgIpc) is 2.17. The molecule has 0 aliphatic carbocycles. The summed E-state index contributed by atoms with van der Waals surface area (Å²) in [5, 5.41) is 2.98. The van der Waals surface area contributed by atoms with Crippen molar-refractivity contribution in [2.75, 3.05) is 12.0 Å². The standard InChI is InChI=1S/C11H15BrFNO2S/c1-8(7-17(2,15)16)14-6-9-5-10(12)3-4-11(9)13/h3-5,8,14H,6-7H2,1-2H3. The first-order valence-electron chi connectivity index (χ1n) is 5.13. The van der Waals surface area contributed by atoms with E-state index in [1.54, 1.807) is 19.1 Å². The van der Waals surface area contributed by atoms with Crippen LogP contribution in [0.3, 0.4) is 0 Å². The molecule has 0 bridgehead atoms. The monoisotopic (exact) mass is 323 g/mol. The molecule has 6 heteroatoms.